The van der Waals surface area contributed by atoms with Gasteiger partial charge in [0, 0.05) is 17.6 Å². The van der Waals surface area contributed by atoms with Crippen molar-refractivity contribution in [3.05, 3.63) is 52.8 Å². The van der Waals surface area contributed by atoms with E-state index in [2.05, 4.69) is 10.3 Å². The molecule has 1 amide bonds. The normalized spacial score (nSPS) is 17.3. The molecule has 0 radical (unpaired) electrons. The van der Waals surface area contributed by atoms with Crippen LogP contribution in [0.2, 0.25) is 0 Å². The summed E-state index contributed by atoms with van der Waals surface area (Å²) in [4.78, 5) is 15.2. The van der Waals surface area contributed by atoms with Crippen LogP contribution in [-0.2, 0) is 21.3 Å². The van der Waals surface area contributed by atoms with E-state index < -0.39 is 10.7 Å². The Hall–Kier alpha value is -2.08. The van der Waals surface area contributed by atoms with E-state index in [9.17, 15) is 13.2 Å². The molecule has 1 unspecified atom stereocenters. The fraction of sp³-hybridized carbons (Fsp3) is 0.214. The number of nitrogens with one attached hydrogen (secondary N) is 2. The van der Waals surface area contributed by atoms with E-state index in [4.69, 9.17) is 0 Å². The highest BCUT2D eigenvalue weighted by molar-refractivity contribution is 7.71. The number of hydrogen-bond donors (Lipinski definition) is 3. The molecule has 2 N–H and O–H groups in total. The predicted octanol–water partition coefficient (Wildman–Crippen LogP) is 1.52. The van der Waals surface area contributed by atoms with Crippen LogP contribution in [0.25, 0.3) is 0 Å². The lowest BCUT2D eigenvalue weighted by molar-refractivity contribution is -0.116. The summed E-state index contributed by atoms with van der Waals surface area (Å²) in [5.74, 6) is -0.413. The average molecular weight is 290 g/mol. The Morgan fingerprint density at radius 1 is 1.20 bits per heavy atom. The molecule has 0 bridgehead atoms. The molecule has 0 saturated carbocycles. The first kappa shape index (κ1) is 12.9. The molecular weight excluding hydrogens is 276 g/mol. The maximum Gasteiger partial charge on any atom is 0.236 e. The van der Waals surface area contributed by atoms with Crippen LogP contribution in [0, 0.1) is 6.92 Å². The lowest BCUT2D eigenvalue weighted by Crippen LogP contribution is -2.13. The summed E-state index contributed by atoms with van der Waals surface area (Å²) < 4.78 is 21.5. The topological polar surface area (TPSA) is 79.0 Å². The van der Waals surface area contributed by atoms with E-state index in [-0.39, 0.29) is 17.6 Å². The number of anilines is 1. The number of aromatic amines is 1. The number of benzene rings is 1. The fourth-order valence-corrected chi connectivity index (χ4v) is 3.14. The number of carbonyl (C=O) groups excluding carboxylic acids is 1. The largest absolute Gasteiger partial charge is 0.365 e. The summed E-state index contributed by atoms with van der Waals surface area (Å²) in [6, 6.07) is 7.23. The van der Waals surface area contributed by atoms with Gasteiger partial charge in [0.05, 0.1) is 11.7 Å². The fourth-order valence-electron chi connectivity index (χ4n) is 2.64. The standard InChI is InChI=1S/C14H14N2O3S/c1-8-10(4-5-15-8)13-11-3-2-9(7-20(18)19)6-12(11)16-14(13)17/h2-6,13,15,20H,7H2,1H3,(H,16,17). The zero-order valence-corrected chi connectivity index (χ0v) is 11.7. The number of amides is 1. The number of aromatic nitrogens is 1. The highest BCUT2D eigenvalue weighted by atomic mass is 32.2. The maximum absolute atomic E-state index is 12.2. The zero-order chi connectivity index (χ0) is 14.3. The second-order valence-corrected chi connectivity index (χ2v) is 5.87. The molecule has 1 aliphatic rings. The lowest BCUT2D eigenvalue weighted by atomic mass is 9.92. The van der Waals surface area contributed by atoms with Crippen LogP contribution in [0.3, 0.4) is 0 Å². The first-order valence-electron chi connectivity index (χ1n) is 6.25. The number of hydrogen-bond acceptors (Lipinski definition) is 3. The van der Waals surface area contributed by atoms with E-state index in [1.807, 2.05) is 25.3 Å². The maximum atomic E-state index is 12.2. The molecule has 104 valence electrons. The number of rotatable bonds is 3. The van der Waals surface area contributed by atoms with Crippen molar-refractivity contribution in [3.8, 4) is 0 Å². The van der Waals surface area contributed by atoms with Crippen LogP contribution in [-0.4, -0.2) is 19.3 Å². The van der Waals surface area contributed by atoms with Gasteiger partial charge in [-0.25, -0.2) is 8.42 Å². The van der Waals surface area contributed by atoms with Crippen LogP contribution in [0.5, 0.6) is 0 Å². The molecule has 0 spiro atoms. The smallest absolute Gasteiger partial charge is 0.236 e. The number of thiol groups is 1. The van der Waals surface area contributed by atoms with Gasteiger partial charge in [-0.05, 0) is 35.7 Å². The SMILES string of the molecule is Cc1[nH]ccc1C1C(=O)Nc2cc(C[SH](=O)=O)ccc21. The Morgan fingerprint density at radius 2 is 2.00 bits per heavy atom. The quantitative estimate of drug-likeness (QED) is 0.750. The Morgan fingerprint density at radius 3 is 2.65 bits per heavy atom. The molecule has 0 fully saturated rings. The van der Waals surface area contributed by atoms with Crippen molar-refractivity contribution >= 4 is 22.3 Å². The van der Waals surface area contributed by atoms with E-state index in [1.54, 1.807) is 12.1 Å². The molecule has 1 atom stereocenters. The minimum absolute atomic E-state index is 0.00761. The third kappa shape index (κ3) is 2.12. The van der Waals surface area contributed by atoms with E-state index in [0.29, 0.717) is 11.3 Å². The summed E-state index contributed by atoms with van der Waals surface area (Å²) in [6.45, 7) is 1.93. The summed E-state index contributed by atoms with van der Waals surface area (Å²) >= 11 is 0. The van der Waals surface area contributed by atoms with Crippen molar-refractivity contribution in [2.45, 2.75) is 18.6 Å². The monoisotopic (exact) mass is 290 g/mol. The Labute approximate surface area is 118 Å². The molecule has 1 aromatic heterocycles. The molecule has 3 rings (SSSR count). The molecular formula is C14H14N2O3S. The molecule has 2 aromatic rings. The summed E-state index contributed by atoms with van der Waals surface area (Å²) in [6.07, 6.45) is 1.81. The summed E-state index contributed by atoms with van der Waals surface area (Å²) in [5.41, 5.74) is 4.19. The van der Waals surface area contributed by atoms with Crippen molar-refractivity contribution in [2.24, 2.45) is 0 Å². The lowest BCUT2D eigenvalue weighted by Gasteiger charge is -2.08. The van der Waals surface area contributed by atoms with Gasteiger partial charge in [0.2, 0.25) is 5.91 Å². The van der Waals surface area contributed by atoms with Gasteiger partial charge >= 0.3 is 0 Å². The molecule has 6 heteroatoms. The molecule has 1 aliphatic heterocycles. The van der Waals surface area contributed by atoms with Gasteiger partial charge in [-0.2, -0.15) is 0 Å². The van der Waals surface area contributed by atoms with Crippen molar-refractivity contribution in [2.75, 3.05) is 5.32 Å². The van der Waals surface area contributed by atoms with Crippen LogP contribution in [0.15, 0.2) is 30.5 Å². The van der Waals surface area contributed by atoms with Crippen molar-refractivity contribution in [3.63, 3.8) is 0 Å². The summed E-state index contributed by atoms with van der Waals surface area (Å²) in [5, 5.41) is 2.83. The Bertz CT molecular complexity index is 754. The van der Waals surface area contributed by atoms with E-state index in [0.717, 1.165) is 16.8 Å². The van der Waals surface area contributed by atoms with Gasteiger partial charge in [0.25, 0.3) is 0 Å². The van der Waals surface area contributed by atoms with Gasteiger partial charge in [0.15, 0.2) is 0 Å². The molecule has 0 aliphatic carbocycles. The van der Waals surface area contributed by atoms with Gasteiger partial charge in [-0.15, -0.1) is 0 Å². The second kappa shape index (κ2) is 4.79. The first-order chi connectivity index (χ1) is 9.56. The van der Waals surface area contributed by atoms with Crippen LogP contribution < -0.4 is 5.32 Å². The third-order valence-electron chi connectivity index (χ3n) is 3.57. The number of H-pyrrole nitrogens is 1. The highest BCUT2D eigenvalue weighted by Crippen LogP contribution is 2.38. The first-order valence-corrected chi connectivity index (χ1v) is 7.62. The second-order valence-electron chi connectivity index (χ2n) is 4.89. The van der Waals surface area contributed by atoms with Crippen molar-refractivity contribution in [1.82, 2.24) is 4.98 Å². The third-order valence-corrected chi connectivity index (χ3v) is 4.19. The van der Waals surface area contributed by atoms with Crippen molar-refractivity contribution < 1.29 is 13.2 Å². The van der Waals surface area contributed by atoms with Crippen molar-refractivity contribution in [1.29, 1.82) is 0 Å². The predicted molar refractivity (Wildman–Crippen MR) is 76.5 cm³/mol. The van der Waals surface area contributed by atoms with Gasteiger partial charge < -0.3 is 10.3 Å². The van der Waals surface area contributed by atoms with Crippen LogP contribution >= 0.6 is 0 Å². The number of carbonyl (C=O) groups is 1. The molecule has 2 heterocycles. The molecule has 0 saturated heterocycles. The highest BCUT2D eigenvalue weighted by Gasteiger charge is 2.33. The average Bonchev–Trinajstić information content (AvgIpc) is 2.90. The minimum Gasteiger partial charge on any atom is -0.365 e. The summed E-state index contributed by atoms with van der Waals surface area (Å²) in [7, 11) is -2.46. The minimum atomic E-state index is -2.46. The van der Waals surface area contributed by atoms with Gasteiger partial charge in [0.1, 0.15) is 10.7 Å². The molecule has 20 heavy (non-hydrogen) atoms. The van der Waals surface area contributed by atoms with Gasteiger partial charge in [-0.1, -0.05) is 12.1 Å². The van der Waals surface area contributed by atoms with E-state index >= 15 is 0 Å². The van der Waals surface area contributed by atoms with E-state index in [1.165, 1.54) is 0 Å². The van der Waals surface area contributed by atoms with Gasteiger partial charge in [-0.3, -0.25) is 4.79 Å². The van der Waals surface area contributed by atoms with Crippen LogP contribution in [0.1, 0.15) is 28.3 Å². The number of fused-ring (bicyclic) bond motifs is 1. The Balaban J connectivity index is 2.03. The molecule has 5 nitrogen and oxygen atoms in total. The Kier molecular flexibility index (Phi) is 3.10. The zero-order valence-electron chi connectivity index (χ0n) is 10.8. The number of aryl methyl sites for hydroxylation is 1. The molecule has 1 aromatic carbocycles. The van der Waals surface area contributed by atoms with Crippen LogP contribution in [0.4, 0.5) is 5.69 Å².